The van der Waals surface area contributed by atoms with Crippen molar-refractivity contribution < 1.29 is 14.7 Å². The Balaban J connectivity index is 1.92. The minimum atomic E-state index is -0.796. The summed E-state index contributed by atoms with van der Waals surface area (Å²) in [6.45, 7) is 1.67. The summed E-state index contributed by atoms with van der Waals surface area (Å²) in [7, 11) is 3.64. The van der Waals surface area contributed by atoms with Gasteiger partial charge in [0.15, 0.2) is 0 Å². The van der Waals surface area contributed by atoms with E-state index >= 15 is 0 Å². The number of aryl methyl sites for hydroxylation is 1. The zero-order chi connectivity index (χ0) is 15.4. The van der Waals surface area contributed by atoms with E-state index in [4.69, 9.17) is 5.11 Å². The van der Waals surface area contributed by atoms with E-state index in [1.165, 1.54) is 0 Å². The van der Waals surface area contributed by atoms with E-state index in [0.29, 0.717) is 19.6 Å². The highest BCUT2D eigenvalue weighted by molar-refractivity contribution is 5.74. The molecule has 1 aromatic heterocycles. The maximum Gasteiger partial charge on any atom is 0.320 e. The Labute approximate surface area is 124 Å². The molecular weight excluding hydrogens is 272 g/mol. The van der Waals surface area contributed by atoms with Crippen molar-refractivity contribution in [2.45, 2.75) is 25.8 Å². The van der Waals surface area contributed by atoms with E-state index in [1.807, 2.05) is 17.8 Å². The summed E-state index contributed by atoms with van der Waals surface area (Å²) in [6.07, 6.45) is 5.42. The number of imidazole rings is 1. The minimum absolute atomic E-state index is 0.0572. The summed E-state index contributed by atoms with van der Waals surface area (Å²) in [5, 5.41) is 8.88. The molecule has 0 saturated carbocycles. The largest absolute Gasteiger partial charge is 0.481 e. The highest BCUT2D eigenvalue weighted by Gasteiger charge is 2.27. The minimum Gasteiger partial charge on any atom is -0.481 e. The second-order valence-electron chi connectivity index (χ2n) is 5.65. The summed E-state index contributed by atoms with van der Waals surface area (Å²) >= 11 is 0. The van der Waals surface area contributed by atoms with Crippen LogP contribution >= 0.6 is 0 Å². The maximum absolute atomic E-state index is 12.4. The predicted octanol–water partition coefficient (Wildman–Crippen LogP) is 1.16. The van der Waals surface area contributed by atoms with Gasteiger partial charge in [-0.25, -0.2) is 9.78 Å². The van der Waals surface area contributed by atoms with E-state index < -0.39 is 5.97 Å². The summed E-state index contributed by atoms with van der Waals surface area (Å²) in [5.74, 6) is 0.0855. The first-order chi connectivity index (χ1) is 9.97. The summed E-state index contributed by atoms with van der Waals surface area (Å²) < 4.78 is 1.88. The Hall–Kier alpha value is -2.05. The number of likely N-dealkylation sites (tertiary alicyclic amines) is 1. The smallest absolute Gasteiger partial charge is 0.320 e. The second kappa shape index (κ2) is 6.60. The molecule has 7 heteroatoms. The molecule has 21 heavy (non-hydrogen) atoms. The van der Waals surface area contributed by atoms with Crippen molar-refractivity contribution in [1.29, 1.82) is 0 Å². The monoisotopic (exact) mass is 294 g/mol. The molecule has 1 atom stereocenters. The van der Waals surface area contributed by atoms with Crippen LogP contribution in [-0.4, -0.2) is 56.6 Å². The predicted molar refractivity (Wildman–Crippen MR) is 76.6 cm³/mol. The molecule has 2 amide bonds. The van der Waals surface area contributed by atoms with Gasteiger partial charge in [-0.2, -0.15) is 0 Å². The molecule has 1 unspecified atom stereocenters. The van der Waals surface area contributed by atoms with Gasteiger partial charge in [0.25, 0.3) is 0 Å². The molecular formula is C14H22N4O3. The lowest BCUT2D eigenvalue weighted by molar-refractivity contribution is -0.138. The van der Waals surface area contributed by atoms with Crippen molar-refractivity contribution in [3.63, 3.8) is 0 Å². The van der Waals surface area contributed by atoms with Crippen LogP contribution in [0.5, 0.6) is 0 Å². The third-order valence-corrected chi connectivity index (χ3v) is 3.88. The molecule has 1 aromatic rings. The highest BCUT2D eigenvalue weighted by Crippen LogP contribution is 2.20. The number of piperidine rings is 1. The summed E-state index contributed by atoms with van der Waals surface area (Å²) in [4.78, 5) is 30.8. The number of aliphatic carboxylic acids is 1. The van der Waals surface area contributed by atoms with Crippen LogP contribution in [0, 0.1) is 5.92 Å². The number of hydrogen-bond acceptors (Lipinski definition) is 3. The summed E-state index contributed by atoms with van der Waals surface area (Å²) in [5.41, 5.74) is 0. The lowest BCUT2D eigenvalue weighted by atomic mass is 9.95. The van der Waals surface area contributed by atoms with E-state index in [1.54, 1.807) is 23.0 Å². The Bertz CT molecular complexity index is 514. The first kappa shape index (κ1) is 15.3. The SMILES string of the molecule is CN(Cc1nccn1C)C(=O)N1CCCC(CC(=O)O)C1. The number of amides is 2. The zero-order valence-corrected chi connectivity index (χ0v) is 12.5. The maximum atomic E-state index is 12.4. The van der Waals surface area contributed by atoms with Crippen LogP contribution in [0.25, 0.3) is 0 Å². The first-order valence-corrected chi connectivity index (χ1v) is 7.15. The van der Waals surface area contributed by atoms with Gasteiger partial charge in [0, 0.05) is 46.0 Å². The van der Waals surface area contributed by atoms with Crippen LogP contribution in [0.3, 0.4) is 0 Å². The van der Waals surface area contributed by atoms with Gasteiger partial charge in [-0.3, -0.25) is 4.79 Å². The lowest BCUT2D eigenvalue weighted by Crippen LogP contribution is -2.46. The van der Waals surface area contributed by atoms with Crippen molar-refractivity contribution in [2.24, 2.45) is 13.0 Å². The Morgan fingerprint density at radius 2 is 2.29 bits per heavy atom. The van der Waals surface area contributed by atoms with Crippen LogP contribution in [0.1, 0.15) is 25.1 Å². The van der Waals surface area contributed by atoms with Gasteiger partial charge in [-0.1, -0.05) is 0 Å². The number of carboxylic acid groups (broad SMARTS) is 1. The Morgan fingerprint density at radius 1 is 1.52 bits per heavy atom. The summed E-state index contributed by atoms with van der Waals surface area (Å²) in [6, 6.07) is -0.0620. The van der Waals surface area contributed by atoms with Crippen molar-refractivity contribution in [2.75, 3.05) is 20.1 Å². The number of rotatable bonds is 4. The van der Waals surface area contributed by atoms with E-state index in [-0.39, 0.29) is 18.4 Å². The molecule has 1 saturated heterocycles. The number of carbonyl (C=O) groups excluding carboxylic acids is 1. The van der Waals surface area contributed by atoms with Crippen LogP contribution in [-0.2, 0) is 18.4 Å². The topological polar surface area (TPSA) is 78.7 Å². The number of carboxylic acids is 1. The van der Waals surface area contributed by atoms with Crippen LogP contribution in [0.4, 0.5) is 4.79 Å². The van der Waals surface area contributed by atoms with Gasteiger partial charge in [0.05, 0.1) is 6.54 Å². The third-order valence-electron chi connectivity index (χ3n) is 3.88. The fraction of sp³-hybridized carbons (Fsp3) is 0.643. The molecule has 1 aliphatic rings. The molecule has 2 heterocycles. The van der Waals surface area contributed by atoms with Crippen LogP contribution < -0.4 is 0 Å². The quantitative estimate of drug-likeness (QED) is 0.903. The second-order valence-corrected chi connectivity index (χ2v) is 5.65. The average molecular weight is 294 g/mol. The van der Waals surface area contributed by atoms with Crippen molar-refractivity contribution >= 4 is 12.0 Å². The third kappa shape index (κ3) is 3.96. The molecule has 1 N–H and O–H groups in total. The molecule has 0 bridgehead atoms. The van der Waals surface area contributed by atoms with Gasteiger partial charge in [0.2, 0.25) is 0 Å². The molecule has 1 fully saturated rings. The molecule has 0 radical (unpaired) electrons. The van der Waals surface area contributed by atoms with Crippen molar-refractivity contribution in [3.05, 3.63) is 18.2 Å². The van der Waals surface area contributed by atoms with Gasteiger partial charge in [-0.05, 0) is 18.8 Å². The van der Waals surface area contributed by atoms with E-state index in [9.17, 15) is 9.59 Å². The van der Waals surface area contributed by atoms with E-state index in [0.717, 1.165) is 18.7 Å². The van der Waals surface area contributed by atoms with Crippen LogP contribution in [0.15, 0.2) is 12.4 Å². The van der Waals surface area contributed by atoms with Crippen molar-refractivity contribution in [3.8, 4) is 0 Å². The molecule has 1 aliphatic heterocycles. The zero-order valence-electron chi connectivity index (χ0n) is 12.5. The number of hydrogen-bond donors (Lipinski definition) is 1. The average Bonchev–Trinajstić information content (AvgIpc) is 2.83. The highest BCUT2D eigenvalue weighted by atomic mass is 16.4. The fourth-order valence-electron chi connectivity index (χ4n) is 2.72. The molecule has 116 valence electrons. The Morgan fingerprint density at radius 3 is 2.90 bits per heavy atom. The standard InChI is InChI=1S/C14H22N4O3/c1-16-7-5-15-12(16)10-17(2)14(21)18-6-3-4-11(9-18)8-13(19)20/h5,7,11H,3-4,6,8-10H2,1-2H3,(H,19,20). The number of nitrogens with zero attached hydrogens (tertiary/aromatic N) is 4. The van der Waals surface area contributed by atoms with Crippen LogP contribution in [0.2, 0.25) is 0 Å². The van der Waals surface area contributed by atoms with Gasteiger partial charge in [-0.15, -0.1) is 0 Å². The normalized spacial score (nSPS) is 18.6. The lowest BCUT2D eigenvalue weighted by Gasteiger charge is -2.34. The first-order valence-electron chi connectivity index (χ1n) is 7.15. The Kier molecular flexibility index (Phi) is 4.82. The number of carbonyl (C=O) groups is 2. The fourth-order valence-corrected chi connectivity index (χ4v) is 2.72. The van der Waals surface area contributed by atoms with E-state index in [2.05, 4.69) is 4.98 Å². The number of urea groups is 1. The van der Waals surface area contributed by atoms with Crippen molar-refractivity contribution in [1.82, 2.24) is 19.4 Å². The van der Waals surface area contributed by atoms with Gasteiger partial charge < -0.3 is 19.5 Å². The molecule has 0 aliphatic carbocycles. The molecule has 0 aromatic carbocycles. The molecule has 2 rings (SSSR count). The molecule has 7 nitrogen and oxygen atoms in total. The van der Waals surface area contributed by atoms with Gasteiger partial charge >= 0.3 is 12.0 Å². The molecule has 0 spiro atoms. The van der Waals surface area contributed by atoms with Gasteiger partial charge in [0.1, 0.15) is 5.82 Å². The number of aromatic nitrogens is 2.